The van der Waals surface area contributed by atoms with Crippen molar-refractivity contribution in [2.24, 2.45) is 0 Å². The number of nitrogens with one attached hydrogen (secondary N) is 1. The lowest BCUT2D eigenvalue weighted by Gasteiger charge is -2.15. The fourth-order valence-electron chi connectivity index (χ4n) is 4.17. The molecule has 4 rings (SSSR count). The molecule has 0 bridgehead atoms. The summed E-state index contributed by atoms with van der Waals surface area (Å²) in [5.74, 6) is 0.888. The van der Waals surface area contributed by atoms with Crippen LogP contribution in [0.25, 0.3) is 21.9 Å². The lowest BCUT2D eigenvalue weighted by atomic mass is 9.93. The van der Waals surface area contributed by atoms with Gasteiger partial charge in [0.25, 0.3) is 0 Å². The molecule has 0 aliphatic heterocycles. The highest BCUT2D eigenvalue weighted by atomic mass is 19.1. The van der Waals surface area contributed by atoms with Crippen molar-refractivity contribution >= 4 is 10.8 Å². The van der Waals surface area contributed by atoms with Crippen LogP contribution in [0.4, 0.5) is 4.39 Å². The Labute approximate surface area is 190 Å². The van der Waals surface area contributed by atoms with Gasteiger partial charge in [0.1, 0.15) is 12.4 Å². The van der Waals surface area contributed by atoms with Crippen LogP contribution in [-0.2, 0) is 13.1 Å². The van der Waals surface area contributed by atoms with E-state index in [1.807, 2.05) is 36.4 Å². The molecule has 0 amide bonds. The van der Waals surface area contributed by atoms with Gasteiger partial charge in [0.05, 0.1) is 7.11 Å². The van der Waals surface area contributed by atoms with E-state index in [0.29, 0.717) is 5.56 Å². The van der Waals surface area contributed by atoms with Crippen molar-refractivity contribution in [3.8, 4) is 16.9 Å². The molecule has 164 valence electrons. The molecular weight excluding hydrogens is 397 g/mol. The van der Waals surface area contributed by atoms with Crippen molar-refractivity contribution < 1.29 is 9.13 Å². The number of hydrogen-bond acceptors (Lipinski definition) is 2. The van der Waals surface area contributed by atoms with Crippen LogP contribution in [-0.4, -0.2) is 13.7 Å². The molecule has 0 heterocycles. The summed E-state index contributed by atoms with van der Waals surface area (Å²) in [5, 5.41) is 6.10. The number of aryl methyl sites for hydroxylation is 1. The summed E-state index contributed by atoms with van der Waals surface area (Å²) in [4.78, 5) is 0. The number of methoxy groups -OCH3 is 1. The van der Waals surface area contributed by atoms with Gasteiger partial charge in [0.2, 0.25) is 0 Å². The average molecular weight is 428 g/mol. The zero-order valence-corrected chi connectivity index (χ0v) is 18.8. The molecule has 0 radical (unpaired) electrons. The lowest BCUT2D eigenvalue weighted by molar-refractivity contribution is 0.413. The summed E-state index contributed by atoms with van der Waals surface area (Å²) in [6.07, 6.45) is 2.05. The van der Waals surface area contributed by atoms with E-state index in [9.17, 15) is 4.39 Å². The van der Waals surface area contributed by atoms with Crippen LogP contribution in [0.3, 0.4) is 0 Å². The number of benzene rings is 4. The molecular formula is C29H30FNO. The van der Waals surface area contributed by atoms with Crippen molar-refractivity contribution in [2.75, 3.05) is 13.7 Å². The molecule has 0 aromatic heterocycles. The van der Waals surface area contributed by atoms with Crippen molar-refractivity contribution in [1.82, 2.24) is 5.32 Å². The molecule has 1 N–H and O–H groups in total. The van der Waals surface area contributed by atoms with Gasteiger partial charge in [0, 0.05) is 6.04 Å². The first-order chi connectivity index (χ1) is 15.7. The largest absolute Gasteiger partial charge is 0.497 e. The van der Waals surface area contributed by atoms with Crippen LogP contribution in [0.5, 0.6) is 5.75 Å². The van der Waals surface area contributed by atoms with Crippen LogP contribution in [0.2, 0.25) is 0 Å². The monoisotopic (exact) mass is 427 g/mol. The highest BCUT2D eigenvalue weighted by Crippen LogP contribution is 2.31. The van der Waals surface area contributed by atoms with E-state index in [0.717, 1.165) is 30.7 Å². The van der Waals surface area contributed by atoms with Gasteiger partial charge >= 0.3 is 0 Å². The molecule has 0 fully saturated rings. The minimum Gasteiger partial charge on any atom is -0.497 e. The third-order valence-corrected chi connectivity index (χ3v) is 6.03. The maximum atomic E-state index is 12.9. The summed E-state index contributed by atoms with van der Waals surface area (Å²) >= 11 is 0. The number of ether oxygens (including phenoxy) is 1. The van der Waals surface area contributed by atoms with Crippen LogP contribution in [0.1, 0.15) is 36.1 Å². The first-order valence-corrected chi connectivity index (χ1v) is 11.2. The fourth-order valence-corrected chi connectivity index (χ4v) is 4.17. The van der Waals surface area contributed by atoms with Gasteiger partial charge in [-0.1, -0.05) is 72.8 Å². The summed E-state index contributed by atoms with van der Waals surface area (Å²) in [6, 6.07) is 29.4. The van der Waals surface area contributed by atoms with E-state index in [2.05, 4.69) is 60.8 Å². The molecule has 0 spiro atoms. The molecule has 0 aliphatic rings. The van der Waals surface area contributed by atoms with E-state index in [1.54, 1.807) is 7.11 Å². The predicted octanol–water partition coefficient (Wildman–Crippen LogP) is 7.27. The summed E-state index contributed by atoms with van der Waals surface area (Å²) in [6.45, 7) is 2.69. The second-order valence-electron chi connectivity index (χ2n) is 8.25. The Morgan fingerprint density at radius 1 is 0.875 bits per heavy atom. The molecule has 0 unspecified atom stereocenters. The number of rotatable bonds is 9. The average Bonchev–Trinajstić information content (AvgIpc) is 2.86. The molecule has 0 saturated heterocycles. The third-order valence-electron chi connectivity index (χ3n) is 6.03. The Balaban J connectivity index is 1.46. The highest BCUT2D eigenvalue weighted by Gasteiger charge is 2.09. The predicted molar refractivity (Wildman–Crippen MR) is 132 cm³/mol. The number of halogens is 1. The Hall–Kier alpha value is -3.17. The maximum Gasteiger partial charge on any atom is 0.119 e. The van der Waals surface area contributed by atoms with Crippen LogP contribution < -0.4 is 10.1 Å². The van der Waals surface area contributed by atoms with Crippen LogP contribution in [0.15, 0.2) is 84.9 Å². The lowest BCUT2D eigenvalue weighted by Crippen LogP contribution is -2.20. The van der Waals surface area contributed by atoms with Crippen LogP contribution >= 0.6 is 0 Å². The Morgan fingerprint density at radius 3 is 2.47 bits per heavy atom. The molecule has 2 nitrogen and oxygen atoms in total. The van der Waals surface area contributed by atoms with Gasteiger partial charge in [-0.2, -0.15) is 0 Å². The smallest absolute Gasteiger partial charge is 0.119 e. The standard InChI is InChI=1S/C29H30FNO/c1-21(25-9-5-10-27(19-25)32-2)31-16-6-7-23-17-26-8-3-4-11-28(26)29(18-23)24-14-12-22(20-30)13-15-24/h3-5,8-15,17-19,21,31H,6-7,16,20H2,1-2H3/t21-/m1/s1. The van der Waals surface area contributed by atoms with E-state index < -0.39 is 6.67 Å². The zero-order chi connectivity index (χ0) is 22.3. The second kappa shape index (κ2) is 10.4. The maximum absolute atomic E-state index is 12.9. The number of fused-ring (bicyclic) bond motifs is 1. The summed E-state index contributed by atoms with van der Waals surface area (Å²) in [7, 11) is 1.70. The number of alkyl halides is 1. The molecule has 0 aliphatic carbocycles. The van der Waals surface area contributed by atoms with Gasteiger partial charge in [-0.05, 0) is 77.0 Å². The van der Waals surface area contributed by atoms with Gasteiger partial charge in [-0.15, -0.1) is 0 Å². The van der Waals surface area contributed by atoms with E-state index in [1.165, 1.54) is 27.5 Å². The highest BCUT2D eigenvalue weighted by molar-refractivity contribution is 5.97. The molecule has 32 heavy (non-hydrogen) atoms. The minimum atomic E-state index is -0.428. The normalized spacial score (nSPS) is 12.1. The van der Waals surface area contributed by atoms with Crippen LogP contribution in [0, 0.1) is 0 Å². The molecule has 3 heteroatoms. The van der Waals surface area contributed by atoms with Gasteiger partial charge in [0.15, 0.2) is 0 Å². The summed E-state index contributed by atoms with van der Waals surface area (Å²) < 4.78 is 18.3. The Morgan fingerprint density at radius 2 is 1.69 bits per heavy atom. The third kappa shape index (κ3) is 5.17. The summed E-state index contributed by atoms with van der Waals surface area (Å²) in [5.41, 5.74) is 5.61. The molecule has 0 saturated carbocycles. The van der Waals surface area contributed by atoms with E-state index in [4.69, 9.17) is 4.74 Å². The van der Waals surface area contributed by atoms with Crippen molar-refractivity contribution in [1.29, 1.82) is 0 Å². The quantitative estimate of drug-likeness (QED) is 0.284. The van der Waals surface area contributed by atoms with Gasteiger partial charge in [-0.25, -0.2) is 4.39 Å². The first kappa shape index (κ1) is 22.0. The second-order valence-corrected chi connectivity index (χ2v) is 8.25. The SMILES string of the molecule is COc1cccc([C@@H](C)NCCCc2cc(-c3ccc(CF)cc3)c3ccccc3c2)c1. The molecule has 4 aromatic rings. The van der Waals surface area contributed by atoms with Crippen molar-refractivity contribution in [2.45, 2.75) is 32.5 Å². The van der Waals surface area contributed by atoms with Gasteiger partial charge in [-0.3, -0.25) is 0 Å². The Kier molecular flexibility index (Phi) is 7.18. The minimum absolute atomic E-state index is 0.270. The van der Waals surface area contributed by atoms with E-state index in [-0.39, 0.29) is 6.04 Å². The fraction of sp³-hybridized carbons (Fsp3) is 0.241. The van der Waals surface area contributed by atoms with Crippen molar-refractivity contribution in [3.63, 3.8) is 0 Å². The molecule has 1 atom stereocenters. The molecule has 4 aromatic carbocycles. The topological polar surface area (TPSA) is 21.3 Å². The first-order valence-electron chi connectivity index (χ1n) is 11.2. The zero-order valence-electron chi connectivity index (χ0n) is 18.8. The number of hydrogen-bond donors (Lipinski definition) is 1. The Bertz CT molecular complexity index is 1170. The van der Waals surface area contributed by atoms with E-state index >= 15 is 0 Å². The van der Waals surface area contributed by atoms with Gasteiger partial charge < -0.3 is 10.1 Å². The van der Waals surface area contributed by atoms with Crippen molar-refractivity contribution in [3.05, 3.63) is 102 Å².